The second-order valence-corrected chi connectivity index (χ2v) is 5.66. The standard InChI is InChI=1S/C9H15N3O4S/c10-7-9(1-4-16-5-2-9)8(13)12-3-6-17(11,14)15/h1-6H2,(H,12,13)(H2,11,14,15). The van der Waals surface area contributed by atoms with Gasteiger partial charge in [-0.25, -0.2) is 13.6 Å². The molecule has 0 aromatic heterocycles. The first-order valence-corrected chi connectivity index (χ1v) is 6.89. The van der Waals surface area contributed by atoms with Gasteiger partial charge in [0.25, 0.3) is 0 Å². The first-order chi connectivity index (χ1) is 7.90. The van der Waals surface area contributed by atoms with Crippen LogP contribution in [0.2, 0.25) is 0 Å². The van der Waals surface area contributed by atoms with Crippen LogP contribution in [0.3, 0.4) is 0 Å². The minimum atomic E-state index is -3.60. The van der Waals surface area contributed by atoms with E-state index in [4.69, 9.17) is 15.1 Å². The Balaban J connectivity index is 2.53. The second-order valence-electron chi connectivity index (χ2n) is 3.93. The molecule has 1 saturated heterocycles. The minimum absolute atomic E-state index is 0.0814. The van der Waals surface area contributed by atoms with E-state index in [1.54, 1.807) is 0 Å². The highest BCUT2D eigenvalue weighted by Crippen LogP contribution is 2.29. The molecule has 1 aliphatic rings. The van der Waals surface area contributed by atoms with Gasteiger partial charge in [-0.1, -0.05) is 0 Å². The lowest BCUT2D eigenvalue weighted by atomic mass is 9.81. The maximum atomic E-state index is 11.8. The molecule has 3 N–H and O–H groups in total. The Morgan fingerprint density at radius 1 is 1.47 bits per heavy atom. The molecule has 8 heteroatoms. The van der Waals surface area contributed by atoms with E-state index in [2.05, 4.69) is 5.32 Å². The van der Waals surface area contributed by atoms with Gasteiger partial charge in [-0.15, -0.1) is 0 Å². The van der Waals surface area contributed by atoms with Crippen molar-refractivity contribution in [3.8, 4) is 6.07 Å². The molecule has 1 rings (SSSR count). The zero-order valence-corrected chi connectivity index (χ0v) is 10.1. The number of carbonyl (C=O) groups is 1. The van der Waals surface area contributed by atoms with Gasteiger partial charge in [0, 0.05) is 19.8 Å². The Morgan fingerprint density at radius 3 is 2.53 bits per heavy atom. The molecule has 1 heterocycles. The Labute approximate surface area is 100.0 Å². The lowest BCUT2D eigenvalue weighted by Gasteiger charge is -2.29. The molecule has 7 nitrogen and oxygen atoms in total. The molecule has 0 radical (unpaired) electrons. The van der Waals surface area contributed by atoms with Gasteiger partial charge in [0.05, 0.1) is 11.8 Å². The average Bonchev–Trinajstić information content (AvgIpc) is 2.28. The van der Waals surface area contributed by atoms with E-state index >= 15 is 0 Å². The van der Waals surface area contributed by atoms with Gasteiger partial charge in [0.2, 0.25) is 15.9 Å². The van der Waals surface area contributed by atoms with Crippen molar-refractivity contribution < 1.29 is 17.9 Å². The summed E-state index contributed by atoms with van der Waals surface area (Å²) in [6.07, 6.45) is 0.648. The Hall–Kier alpha value is -1.17. The maximum absolute atomic E-state index is 11.8. The summed E-state index contributed by atoms with van der Waals surface area (Å²) >= 11 is 0. The monoisotopic (exact) mass is 261 g/mol. The fourth-order valence-electron chi connectivity index (χ4n) is 1.59. The van der Waals surface area contributed by atoms with E-state index in [-0.39, 0.29) is 12.3 Å². The number of carbonyl (C=O) groups excluding carboxylic acids is 1. The van der Waals surface area contributed by atoms with E-state index in [9.17, 15) is 13.2 Å². The van der Waals surface area contributed by atoms with E-state index < -0.39 is 21.3 Å². The zero-order valence-electron chi connectivity index (χ0n) is 9.31. The lowest BCUT2D eigenvalue weighted by Crippen LogP contribution is -2.45. The van der Waals surface area contributed by atoms with Crippen molar-refractivity contribution in [2.24, 2.45) is 10.6 Å². The summed E-state index contributed by atoms with van der Waals surface area (Å²) in [6, 6.07) is 1.99. The summed E-state index contributed by atoms with van der Waals surface area (Å²) in [5, 5.41) is 16.3. The van der Waals surface area contributed by atoms with Crippen molar-refractivity contribution in [1.29, 1.82) is 5.26 Å². The van der Waals surface area contributed by atoms with E-state index in [0.29, 0.717) is 26.1 Å². The van der Waals surface area contributed by atoms with Crippen LogP contribution in [0.1, 0.15) is 12.8 Å². The number of nitriles is 1. The summed E-state index contributed by atoms with van der Waals surface area (Å²) in [4.78, 5) is 11.8. The molecule has 1 amide bonds. The first kappa shape index (κ1) is 13.9. The fraction of sp³-hybridized carbons (Fsp3) is 0.778. The molecule has 1 aliphatic heterocycles. The van der Waals surface area contributed by atoms with Crippen LogP contribution >= 0.6 is 0 Å². The van der Waals surface area contributed by atoms with Crippen molar-refractivity contribution >= 4 is 15.9 Å². The van der Waals surface area contributed by atoms with Gasteiger partial charge in [-0.05, 0) is 12.8 Å². The molecule has 0 saturated carbocycles. The third kappa shape index (κ3) is 3.96. The molecule has 0 aliphatic carbocycles. The minimum Gasteiger partial charge on any atom is -0.381 e. The fourth-order valence-corrected chi connectivity index (χ4v) is 1.97. The zero-order chi connectivity index (χ0) is 12.9. The van der Waals surface area contributed by atoms with Crippen molar-refractivity contribution in [3.05, 3.63) is 0 Å². The Kier molecular flexibility index (Phi) is 4.45. The number of primary sulfonamides is 1. The van der Waals surface area contributed by atoms with Crippen LogP contribution < -0.4 is 10.5 Å². The Bertz CT molecular complexity index is 420. The van der Waals surface area contributed by atoms with Crippen molar-refractivity contribution in [1.82, 2.24) is 5.32 Å². The molecular formula is C9H15N3O4S. The highest BCUT2D eigenvalue weighted by Gasteiger charge is 2.40. The molecule has 0 aromatic rings. The number of rotatable bonds is 4. The van der Waals surface area contributed by atoms with Gasteiger partial charge in [-0.2, -0.15) is 5.26 Å². The number of hydrogen-bond donors (Lipinski definition) is 2. The molecule has 1 fully saturated rings. The molecule has 0 atom stereocenters. The molecule has 96 valence electrons. The second kappa shape index (κ2) is 5.44. The summed E-state index contributed by atoms with van der Waals surface area (Å²) in [5.41, 5.74) is -1.10. The van der Waals surface area contributed by atoms with Crippen LogP contribution in [0.15, 0.2) is 0 Å². The lowest BCUT2D eigenvalue weighted by molar-refractivity contribution is -0.132. The summed E-state index contributed by atoms with van der Waals surface area (Å²) in [7, 11) is -3.60. The molecule has 0 bridgehead atoms. The third-order valence-corrected chi connectivity index (χ3v) is 3.44. The highest BCUT2D eigenvalue weighted by atomic mass is 32.2. The van der Waals surface area contributed by atoms with Gasteiger partial charge in [-0.3, -0.25) is 4.79 Å². The Morgan fingerprint density at radius 2 is 2.06 bits per heavy atom. The van der Waals surface area contributed by atoms with Gasteiger partial charge >= 0.3 is 0 Å². The van der Waals surface area contributed by atoms with E-state index in [1.165, 1.54) is 0 Å². The normalized spacial score (nSPS) is 19.3. The number of sulfonamides is 1. The van der Waals surface area contributed by atoms with Gasteiger partial charge < -0.3 is 10.1 Å². The molecule has 0 unspecified atom stereocenters. The largest absolute Gasteiger partial charge is 0.381 e. The van der Waals surface area contributed by atoms with Crippen LogP contribution in [-0.4, -0.2) is 39.8 Å². The third-order valence-electron chi connectivity index (χ3n) is 2.67. The number of ether oxygens (including phenoxy) is 1. The average molecular weight is 261 g/mol. The SMILES string of the molecule is N#CC1(C(=O)NCCS(N)(=O)=O)CCOCC1. The van der Waals surface area contributed by atoms with Gasteiger partial charge in [0.15, 0.2) is 0 Å². The molecular weight excluding hydrogens is 246 g/mol. The number of nitrogens with two attached hydrogens (primary N) is 1. The van der Waals surface area contributed by atoms with E-state index in [1.807, 2.05) is 6.07 Å². The quantitative estimate of drug-likeness (QED) is 0.652. The van der Waals surface area contributed by atoms with Gasteiger partial charge in [0.1, 0.15) is 5.41 Å². The number of hydrogen-bond acceptors (Lipinski definition) is 5. The topological polar surface area (TPSA) is 122 Å². The maximum Gasteiger partial charge on any atom is 0.240 e. The molecule has 0 aromatic carbocycles. The van der Waals surface area contributed by atoms with E-state index in [0.717, 1.165) is 0 Å². The van der Waals surface area contributed by atoms with Crippen molar-refractivity contribution in [2.45, 2.75) is 12.8 Å². The number of nitrogens with zero attached hydrogens (tertiary/aromatic N) is 1. The smallest absolute Gasteiger partial charge is 0.240 e. The molecule has 0 spiro atoms. The van der Waals surface area contributed by atoms with Crippen LogP contribution in [0.4, 0.5) is 0 Å². The summed E-state index contributed by atoms with van der Waals surface area (Å²) < 4.78 is 26.4. The van der Waals surface area contributed by atoms with Crippen LogP contribution in [0.5, 0.6) is 0 Å². The van der Waals surface area contributed by atoms with Crippen molar-refractivity contribution in [2.75, 3.05) is 25.5 Å². The highest BCUT2D eigenvalue weighted by molar-refractivity contribution is 7.89. The number of amides is 1. The number of nitrogens with one attached hydrogen (secondary N) is 1. The first-order valence-electron chi connectivity index (χ1n) is 5.17. The van der Waals surface area contributed by atoms with Crippen molar-refractivity contribution in [3.63, 3.8) is 0 Å². The predicted octanol–water partition coefficient (Wildman–Crippen LogP) is -1.29. The molecule has 17 heavy (non-hydrogen) atoms. The summed E-state index contributed by atoms with van der Waals surface area (Å²) in [6.45, 7) is 0.633. The van der Waals surface area contributed by atoms with Crippen LogP contribution in [0.25, 0.3) is 0 Å². The van der Waals surface area contributed by atoms with Crippen LogP contribution in [-0.2, 0) is 19.6 Å². The predicted molar refractivity (Wildman–Crippen MR) is 59.1 cm³/mol. The summed E-state index contributed by atoms with van der Waals surface area (Å²) in [5.74, 6) is -0.788. The van der Waals surface area contributed by atoms with Crippen LogP contribution in [0, 0.1) is 16.7 Å².